The van der Waals surface area contributed by atoms with Crippen LogP contribution in [0.2, 0.25) is 5.02 Å². The summed E-state index contributed by atoms with van der Waals surface area (Å²) < 4.78 is 26.9. The number of hydrogen-bond acceptors (Lipinski definition) is 3. The van der Waals surface area contributed by atoms with E-state index in [1.54, 1.807) is 47.4 Å². The molecule has 0 bridgehead atoms. The molecular formula is C23H21ClN2O3S. The highest BCUT2D eigenvalue weighted by Crippen LogP contribution is 2.32. The van der Waals surface area contributed by atoms with Crippen LogP contribution in [0, 0.1) is 0 Å². The molecule has 154 valence electrons. The molecule has 0 saturated carbocycles. The number of benzene rings is 3. The molecule has 1 amide bonds. The molecule has 0 aliphatic carbocycles. The van der Waals surface area contributed by atoms with Crippen molar-refractivity contribution < 1.29 is 13.2 Å². The van der Waals surface area contributed by atoms with Crippen LogP contribution in [0.5, 0.6) is 0 Å². The summed E-state index contributed by atoms with van der Waals surface area (Å²) in [6, 6.07) is 20.8. The number of aryl methyl sites for hydroxylation is 1. The molecule has 1 aliphatic rings. The molecule has 3 aromatic rings. The van der Waals surface area contributed by atoms with Crippen LogP contribution >= 0.6 is 11.6 Å². The second kappa shape index (κ2) is 8.13. The predicted molar refractivity (Wildman–Crippen MR) is 120 cm³/mol. The fourth-order valence-corrected chi connectivity index (χ4v) is 5.12. The monoisotopic (exact) mass is 440 g/mol. The molecule has 0 unspecified atom stereocenters. The molecule has 7 heteroatoms. The van der Waals surface area contributed by atoms with E-state index in [9.17, 15) is 13.2 Å². The van der Waals surface area contributed by atoms with E-state index in [1.165, 1.54) is 17.4 Å². The molecule has 0 N–H and O–H groups in total. The molecule has 0 atom stereocenters. The standard InChI is InChI=1S/C23H21ClN2O3S/c1-25(30(28,29)19-10-3-2-4-11-19)18-13-14-20(21(24)16-18)23(27)26-15-7-9-17-8-5-6-12-22(17)26/h2-6,8,10-14,16H,7,9,15H2,1H3. The number of carbonyl (C=O) groups excluding carboxylic acids is 1. The van der Waals surface area contributed by atoms with Gasteiger partial charge in [0.05, 0.1) is 21.2 Å². The van der Waals surface area contributed by atoms with Crippen LogP contribution < -0.4 is 9.21 Å². The van der Waals surface area contributed by atoms with Crippen LogP contribution in [0.25, 0.3) is 0 Å². The Kier molecular flexibility index (Phi) is 5.54. The van der Waals surface area contributed by atoms with Gasteiger partial charge in [-0.05, 0) is 54.8 Å². The lowest BCUT2D eigenvalue weighted by Crippen LogP contribution is -2.35. The highest BCUT2D eigenvalue weighted by atomic mass is 35.5. The third-order valence-electron chi connectivity index (χ3n) is 5.30. The van der Waals surface area contributed by atoms with E-state index >= 15 is 0 Å². The van der Waals surface area contributed by atoms with Crippen LogP contribution in [0.3, 0.4) is 0 Å². The van der Waals surface area contributed by atoms with E-state index in [0.29, 0.717) is 17.8 Å². The SMILES string of the molecule is CN(c1ccc(C(=O)N2CCCc3ccccc32)c(Cl)c1)S(=O)(=O)c1ccccc1. The maximum absolute atomic E-state index is 13.2. The van der Waals surface area contributed by atoms with Gasteiger partial charge in [-0.3, -0.25) is 9.10 Å². The van der Waals surface area contributed by atoms with Crippen molar-refractivity contribution in [1.29, 1.82) is 0 Å². The van der Waals surface area contributed by atoms with Crippen LogP contribution in [0.15, 0.2) is 77.7 Å². The lowest BCUT2D eigenvalue weighted by atomic mass is 10.0. The Bertz CT molecular complexity index is 1200. The number of anilines is 2. The topological polar surface area (TPSA) is 57.7 Å². The number of carbonyl (C=O) groups is 1. The molecule has 0 aromatic heterocycles. The Labute approximate surface area is 181 Å². The van der Waals surface area contributed by atoms with E-state index < -0.39 is 10.0 Å². The van der Waals surface area contributed by atoms with Gasteiger partial charge >= 0.3 is 0 Å². The van der Waals surface area contributed by atoms with Gasteiger partial charge in [-0.25, -0.2) is 8.42 Å². The van der Waals surface area contributed by atoms with Gasteiger partial charge in [-0.1, -0.05) is 48.0 Å². The summed E-state index contributed by atoms with van der Waals surface area (Å²) in [6.07, 6.45) is 1.82. The smallest absolute Gasteiger partial charge is 0.264 e. The third kappa shape index (κ3) is 3.68. The maximum Gasteiger partial charge on any atom is 0.264 e. The quantitative estimate of drug-likeness (QED) is 0.587. The van der Waals surface area contributed by atoms with Crippen molar-refractivity contribution in [2.24, 2.45) is 0 Å². The van der Waals surface area contributed by atoms with E-state index in [1.807, 2.05) is 24.3 Å². The zero-order valence-electron chi connectivity index (χ0n) is 16.5. The van der Waals surface area contributed by atoms with Crippen LogP contribution in [0.1, 0.15) is 22.3 Å². The lowest BCUT2D eigenvalue weighted by Gasteiger charge is -2.30. The minimum absolute atomic E-state index is 0.188. The number of fused-ring (bicyclic) bond motifs is 1. The van der Waals surface area contributed by atoms with Crippen molar-refractivity contribution in [3.05, 3.63) is 88.9 Å². The first kappa shape index (κ1) is 20.4. The maximum atomic E-state index is 13.2. The number of nitrogens with zero attached hydrogens (tertiary/aromatic N) is 2. The average molecular weight is 441 g/mol. The summed E-state index contributed by atoms with van der Waals surface area (Å²) in [5, 5.41) is 0.218. The molecule has 5 nitrogen and oxygen atoms in total. The minimum atomic E-state index is -3.72. The number of hydrogen-bond donors (Lipinski definition) is 0. The summed E-state index contributed by atoms with van der Waals surface area (Å²) in [7, 11) is -2.25. The minimum Gasteiger partial charge on any atom is -0.308 e. The van der Waals surface area contributed by atoms with Gasteiger partial charge in [-0.15, -0.1) is 0 Å². The van der Waals surface area contributed by atoms with Crippen LogP contribution in [0.4, 0.5) is 11.4 Å². The molecule has 0 fully saturated rings. The molecule has 3 aromatic carbocycles. The van der Waals surface area contributed by atoms with E-state index in [0.717, 1.165) is 24.1 Å². The number of para-hydroxylation sites is 1. The second-order valence-electron chi connectivity index (χ2n) is 7.14. The fraction of sp³-hybridized carbons (Fsp3) is 0.174. The Balaban J connectivity index is 1.64. The van der Waals surface area contributed by atoms with Crippen LogP contribution in [-0.4, -0.2) is 27.9 Å². The summed E-state index contributed by atoms with van der Waals surface area (Å²) in [5.74, 6) is -0.188. The van der Waals surface area contributed by atoms with Crippen molar-refractivity contribution in [2.75, 3.05) is 22.8 Å². The first-order valence-corrected chi connectivity index (χ1v) is 11.4. The Hall–Kier alpha value is -2.83. The molecule has 30 heavy (non-hydrogen) atoms. The lowest BCUT2D eigenvalue weighted by molar-refractivity contribution is 0.0985. The molecule has 0 spiro atoms. The number of halogens is 1. The van der Waals surface area contributed by atoms with Gasteiger partial charge in [0, 0.05) is 19.3 Å². The van der Waals surface area contributed by atoms with Crippen molar-refractivity contribution in [1.82, 2.24) is 0 Å². The molecule has 4 rings (SSSR count). The summed E-state index contributed by atoms with van der Waals surface area (Å²) in [4.78, 5) is 15.1. The highest BCUT2D eigenvalue weighted by Gasteiger charge is 2.26. The molecule has 0 saturated heterocycles. The second-order valence-corrected chi connectivity index (χ2v) is 9.52. The summed E-state index contributed by atoms with van der Waals surface area (Å²) in [5.41, 5.74) is 2.78. The Morgan fingerprint density at radius 3 is 2.43 bits per heavy atom. The molecule has 1 heterocycles. The number of amides is 1. The predicted octanol–water partition coefficient (Wildman–Crippen LogP) is 4.76. The highest BCUT2D eigenvalue weighted by molar-refractivity contribution is 7.92. The van der Waals surface area contributed by atoms with Gasteiger partial charge in [0.25, 0.3) is 15.9 Å². The van der Waals surface area contributed by atoms with Crippen LogP contribution in [-0.2, 0) is 16.4 Å². The van der Waals surface area contributed by atoms with Crippen molar-refractivity contribution in [2.45, 2.75) is 17.7 Å². The first-order chi connectivity index (χ1) is 14.4. The zero-order valence-corrected chi connectivity index (χ0v) is 18.0. The third-order valence-corrected chi connectivity index (χ3v) is 7.42. The normalized spacial score (nSPS) is 13.6. The molecule has 1 aliphatic heterocycles. The largest absolute Gasteiger partial charge is 0.308 e. The molecule has 0 radical (unpaired) electrons. The van der Waals surface area contributed by atoms with Gasteiger partial charge in [0.2, 0.25) is 0 Å². The fourth-order valence-electron chi connectivity index (χ4n) is 3.65. The first-order valence-electron chi connectivity index (χ1n) is 9.63. The summed E-state index contributed by atoms with van der Waals surface area (Å²) >= 11 is 6.44. The van der Waals surface area contributed by atoms with Crippen molar-refractivity contribution >= 4 is 38.9 Å². The van der Waals surface area contributed by atoms with E-state index in [4.69, 9.17) is 11.6 Å². The van der Waals surface area contributed by atoms with E-state index in [2.05, 4.69) is 0 Å². The zero-order chi connectivity index (χ0) is 21.3. The van der Waals surface area contributed by atoms with E-state index in [-0.39, 0.29) is 15.8 Å². The van der Waals surface area contributed by atoms with Gasteiger partial charge < -0.3 is 4.90 Å². The molecular weight excluding hydrogens is 420 g/mol. The average Bonchev–Trinajstić information content (AvgIpc) is 2.78. The number of sulfonamides is 1. The Morgan fingerprint density at radius 2 is 1.70 bits per heavy atom. The van der Waals surface area contributed by atoms with Crippen molar-refractivity contribution in [3.8, 4) is 0 Å². The van der Waals surface area contributed by atoms with Gasteiger partial charge in [0.15, 0.2) is 0 Å². The number of rotatable bonds is 4. The van der Waals surface area contributed by atoms with Gasteiger partial charge in [-0.2, -0.15) is 0 Å². The summed E-state index contributed by atoms with van der Waals surface area (Å²) in [6.45, 7) is 0.621. The Morgan fingerprint density at radius 1 is 1.00 bits per heavy atom. The van der Waals surface area contributed by atoms with Crippen molar-refractivity contribution in [3.63, 3.8) is 0 Å². The van der Waals surface area contributed by atoms with Gasteiger partial charge in [0.1, 0.15) is 0 Å².